The molecule has 0 heterocycles. The van der Waals surface area contributed by atoms with Crippen molar-refractivity contribution in [1.82, 2.24) is 4.90 Å². The molecule has 0 radical (unpaired) electrons. The lowest BCUT2D eigenvalue weighted by molar-refractivity contribution is 0.0764. The van der Waals surface area contributed by atoms with Crippen LogP contribution in [0.1, 0.15) is 23.2 Å². The van der Waals surface area contributed by atoms with E-state index in [2.05, 4.69) is 6.58 Å². The van der Waals surface area contributed by atoms with Crippen LogP contribution >= 0.6 is 11.6 Å². The van der Waals surface area contributed by atoms with Crippen LogP contribution in [0.15, 0.2) is 30.9 Å². The third kappa shape index (κ3) is 2.44. The summed E-state index contributed by atoms with van der Waals surface area (Å²) in [4.78, 5) is 14.2. The highest BCUT2D eigenvalue weighted by molar-refractivity contribution is 6.34. The summed E-state index contributed by atoms with van der Waals surface area (Å²) in [5.41, 5.74) is 6.65. The van der Waals surface area contributed by atoms with E-state index in [1.807, 2.05) is 0 Å². The maximum Gasteiger partial charge on any atom is 0.257 e. The number of halogens is 1. The summed E-state index contributed by atoms with van der Waals surface area (Å²) in [5.74, 6) is -0.101. The van der Waals surface area contributed by atoms with Gasteiger partial charge in [0.25, 0.3) is 5.91 Å². The summed E-state index contributed by atoms with van der Waals surface area (Å²) in [6.45, 7) is 4.21. The Morgan fingerprint density at radius 1 is 1.59 bits per heavy atom. The molecular weight excluding hydrogens is 236 g/mol. The van der Waals surface area contributed by atoms with Gasteiger partial charge in [-0.05, 0) is 25.0 Å². The third-order valence-corrected chi connectivity index (χ3v) is 3.15. The molecule has 1 fully saturated rings. The number of carbonyl (C=O) groups is 1. The molecule has 3 nitrogen and oxygen atoms in total. The minimum absolute atomic E-state index is 0.101. The summed E-state index contributed by atoms with van der Waals surface area (Å²) >= 11 is 6.04. The van der Waals surface area contributed by atoms with Crippen LogP contribution in [-0.2, 0) is 0 Å². The molecule has 0 saturated heterocycles. The van der Waals surface area contributed by atoms with Gasteiger partial charge in [-0.1, -0.05) is 23.7 Å². The van der Waals surface area contributed by atoms with Gasteiger partial charge in [0.15, 0.2) is 0 Å². The van der Waals surface area contributed by atoms with E-state index >= 15 is 0 Å². The van der Waals surface area contributed by atoms with Crippen LogP contribution in [0.3, 0.4) is 0 Å². The van der Waals surface area contributed by atoms with Gasteiger partial charge in [0.2, 0.25) is 0 Å². The second-order valence-electron chi connectivity index (χ2n) is 4.18. The zero-order valence-electron chi connectivity index (χ0n) is 9.53. The van der Waals surface area contributed by atoms with Crippen LogP contribution in [0.4, 0.5) is 5.69 Å². The minimum atomic E-state index is -0.101. The molecular formula is C13H15ClN2O. The van der Waals surface area contributed by atoms with Crippen molar-refractivity contribution in [2.45, 2.75) is 18.9 Å². The highest BCUT2D eigenvalue weighted by atomic mass is 35.5. The molecule has 2 rings (SSSR count). The van der Waals surface area contributed by atoms with E-state index in [-0.39, 0.29) is 5.91 Å². The monoisotopic (exact) mass is 250 g/mol. The van der Waals surface area contributed by atoms with Gasteiger partial charge in [-0.25, -0.2) is 0 Å². The molecule has 0 atom stereocenters. The van der Waals surface area contributed by atoms with E-state index in [0.29, 0.717) is 28.9 Å². The molecule has 17 heavy (non-hydrogen) atoms. The van der Waals surface area contributed by atoms with Gasteiger partial charge in [-0.15, -0.1) is 6.58 Å². The third-order valence-electron chi connectivity index (χ3n) is 2.83. The largest absolute Gasteiger partial charge is 0.398 e. The standard InChI is InChI=1S/C13H15ClN2O/c1-2-8-16(9-6-7-9)13(17)12-10(14)4-3-5-11(12)15/h2-5,9H,1,6-8,15H2. The second kappa shape index (κ2) is 4.80. The van der Waals surface area contributed by atoms with Crippen LogP contribution in [0.5, 0.6) is 0 Å². The Bertz CT molecular complexity index is 434. The second-order valence-corrected chi connectivity index (χ2v) is 4.59. The Morgan fingerprint density at radius 2 is 2.29 bits per heavy atom. The Balaban J connectivity index is 2.31. The topological polar surface area (TPSA) is 46.3 Å². The van der Waals surface area contributed by atoms with Crippen molar-refractivity contribution < 1.29 is 4.79 Å². The lowest BCUT2D eigenvalue weighted by Gasteiger charge is -2.22. The quantitative estimate of drug-likeness (QED) is 0.660. The fraction of sp³-hybridized carbons (Fsp3) is 0.308. The van der Waals surface area contributed by atoms with Crippen molar-refractivity contribution in [3.8, 4) is 0 Å². The van der Waals surface area contributed by atoms with Gasteiger partial charge in [0.1, 0.15) is 0 Å². The maximum absolute atomic E-state index is 12.4. The van der Waals surface area contributed by atoms with Gasteiger partial charge in [0, 0.05) is 18.3 Å². The van der Waals surface area contributed by atoms with Crippen molar-refractivity contribution in [1.29, 1.82) is 0 Å². The maximum atomic E-state index is 12.4. The van der Waals surface area contributed by atoms with E-state index in [9.17, 15) is 4.79 Å². The highest BCUT2D eigenvalue weighted by Crippen LogP contribution is 2.31. The molecule has 1 amide bonds. The lowest BCUT2D eigenvalue weighted by Crippen LogP contribution is -2.33. The molecule has 0 unspecified atom stereocenters. The Kier molecular flexibility index (Phi) is 3.38. The van der Waals surface area contributed by atoms with Crippen LogP contribution < -0.4 is 5.73 Å². The van der Waals surface area contributed by atoms with Crippen molar-refractivity contribution in [2.24, 2.45) is 0 Å². The number of hydrogen-bond donors (Lipinski definition) is 1. The molecule has 1 saturated carbocycles. The molecule has 1 aliphatic rings. The van der Waals surface area contributed by atoms with E-state index < -0.39 is 0 Å². The van der Waals surface area contributed by atoms with Crippen molar-refractivity contribution in [3.05, 3.63) is 41.4 Å². The predicted molar refractivity (Wildman–Crippen MR) is 70.1 cm³/mol. The SMILES string of the molecule is C=CCN(C(=O)c1c(N)cccc1Cl)C1CC1. The minimum Gasteiger partial charge on any atom is -0.398 e. The van der Waals surface area contributed by atoms with Crippen molar-refractivity contribution in [2.75, 3.05) is 12.3 Å². The fourth-order valence-electron chi connectivity index (χ4n) is 1.83. The van der Waals surface area contributed by atoms with E-state index in [1.165, 1.54) is 0 Å². The predicted octanol–water partition coefficient (Wildman–Crippen LogP) is 2.71. The summed E-state index contributed by atoms with van der Waals surface area (Å²) in [5, 5.41) is 0.407. The zero-order valence-corrected chi connectivity index (χ0v) is 10.3. The van der Waals surface area contributed by atoms with Gasteiger partial charge in [-0.2, -0.15) is 0 Å². The Morgan fingerprint density at radius 3 is 2.82 bits per heavy atom. The van der Waals surface area contributed by atoms with E-state index in [4.69, 9.17) is 17.3 Å². The molecule has 1 aromatic carbocycles. The number of carbonyl (C=O) groups excluding carboxylic acids is 1. The van der Waals surface area contributed by atoms with Crippen molar-refractivity contribution in [3.63, 3.8) is 0 Å². The Hall–Kier alpha value is -1.48. The highest BCUT2D eigenvalue weighted by Gasteiger charge is 2.33. The number of anilines is 1. The average Bonchev–Trinajstić information content (AvgIpc) is 3.09. The number of rotatable bonds is 4. The molecule has 0 aromatic heterocycles. The van der Waals surface area contributed by atoms with Crippen LogP contribution in [-0.4, -0.2) is 23.4 Å². The number of nitrogen functional groups attached to an aromatic ring is 1. The Labute approximate surface area is 106 Å². The smallest absolute Gasteiger partial charge is 0.257 e. The van der Waals surface area contributed by atoms with Crippen LogP contribution in [0.25, 0.3) is 0 Å². The first-order chi connectivity index (χ1) is 8.15. The first kappa shape index (κ1) is 12.0. The summed E-state index contributed by atoms with van der Waals surface area (Å²) < 4.78 is 0. The zero-order chi connectivity index (χ0) is 12.4. The fourth-order valence-corrected chi connectivity index (χ4v) is 2.10. The molecule has 0 bridgehead atoms. The number of nitrogens with zero attached hydrogens (tertiary/aromatic N) is 1. The lowest BCUT2D eigenvalue weighted by atomic mass is 10.1. The molecule has 90 valence electrons. The van der Waals surface area contributed by atoms with E-state index in [0.717, 1.165) is 12.8 Å². The van der Waals surface area contributed by atoms with Gasteiger partial charge >= 0.3 is 0 Å². The average molecular weight is 251 g/mol. The summed E-state index contributed by atoms with van der Waals surface area (Å²) in [6.07, 6.45) is 3.82. The van der Waals surface area contributed by atoms with Crippen LogP contribution in [0, 0.1) is 0 Å². The van der Waals surface area contributed by atoms with Gasteiger partial charge < -0.3 is 10.6 Å². The molecule has 2 N–H and O–H groups in total. The number of hydrogen-bond acceptors (Lipinski definition) is 2. The summed E-state index contributed by atoms with van der Waals surface area (Å²) in [7, 11) is 0. The molecule has 0 aliphatic heterocycles. The number of nitrogens with two attached hydrogens (primary N) is 1. The number of amides is 1. The normalized spacial score (nSPS) is 14.4. The van der Waals surface area contributed by atoms with Crippen LogP contribution in [0.2, 0.25) is 5.02 Å². The molecule has 1 aromatic rings. The van der Waals surface area contributed by atoms with Crippen molar-refractivity contribution >= 4 is 23.2 Å². The van der Waals surface area contributed by atoms with E-state index in [1.54, 1.807) is 29.2 Å². The first-order valence-electron chi connectivity index (χ1n) is 5.61. The molecule has 1 aliphatic carbocycles. The summed E-state index contributed by atoms with van der Waals surface area (Å²) in [6, 6.07) is 5.43. The molecule has 0 spiro atoms. The van der Waals surface area contributed by atoms with Gasteiger partial charge in [0.05, 0.1) is 10.6 Å². The number of benzene rings is 1. The molecule has 4 heteroatoms. The van der Waals surface area contributed by atoms with Gasteiger partial charge in [-0.3, -0.25) is 4.79 Å². The first-order valence-corrected chi connectivity index (χ1v) is 5.98.